The fraction of sp³-hybridized carbons (Fsp3) is 0.353. The maximum absolute atomic E-state index is 12.2. The fourth-order valence-corrected chi connectivity index (χ4v) is 3.87. The highest BCUT2D eigenvalue weighted by Crippen LogP contribution is 2.32. The van der Waals surface area contributed by atoms with E-state index in [0.29, 0.717) is 5.69 Å². The Kier molecular flexibility index (Phi) is 5.01. The first-order chi connectivity index (χ1) is 11.8. The van der Waals surface area contributed by atoms with Crippen LogP contribution in [0.15, 0.2) is 35.7 Å². The van der Waals surface area contributed by atoms with Crippen LogP contribution < -0.4 is 10.1 Å². The standard InChI is InChI=1S/C17H17F3N2O2S/c1-11-14-7-9-25-15(14)6-8-22(11)10-16(23)21-12-2-4-13(5-3-12)24-17(18,19)20/h2-5,7,9,11H,6,8,10H2,1H3,(H,21,23)/t11-/m1/s1. The number of nitrogens with one attached hydrogen (secondary N) is 1. The zero-order chi connectivity index (χ0) is 18.0. The third kappa shape index (κ3) is 4.52. The molecule has 1 N–H and O–H groups in total. The van der Waals surface area contributed by atoms with Gasteiger partial charge in [-0.25, -0.2) is 0 Å². The van der Waals surface area contributed by atoms with E-state index < -0.39 is 6.36 Å². The topological polar surface area (TPSA) is 41.6 Å². The number of carbonyl (C=O) groups is 1. The summed E-state index contributed by atoms with van der Waals surface area (Å²) in [6, 6.07) is 7.37. The summed E-state index contributed by atoms with van der Waals surface area (Å²) in [5.41, 5.74) is 1.69. The lowest BCUT2D eigenvalue weighted by Crippen LogP contribution is -2.39. The molecule has 0 unspecified atom stereocenters. The van der Waals surface area contributed by atoms with Crippen LogP contribution >= 0.6 is 11.3 Å². The summed E-state index contributed by atoms with van der Waals surface area (Å²) in [5.74, 6) is -0.518. The molecule has 4 nitrogen and oxygen atoms in total. The Labute approximate surface area is 147 Å². The highest BCUT2D eigenvalue weighted by Gasteiger charge is 2.31. The molecule has 0 fully saturated rings. The molecule has 1 aliphatic rings. The molecule has 1 amide bonds. The fourth-order valence-electron chi connectivity index (χ4n) is 2.90. The van der Waals surface area contributed by atoms with E-state index in [4.69, 9.17) is 0 Å². The van der Waals surface area contributed by atoms with E-state index in [0.717, 1.165) is 13.0 Å². The van der Waals surface area contributed by atoms with E-state index in [1.165, 1.54) is 34.7 Å². The SMILES string of the molecule is C[C@@H]1c2ccsc2CCN1CC(=O)Nc1ccc(OC(F)(F)F)cc1. The van der Waals surface area contributed by atoms with Crippen molar-refractivity contribution < 1.29 is 22.7 Å². The first kappa shape index (κ1) is 17.8. The molecule has 0 spiro atoms. The molecule has 0 radical (unpaired) electrons. The van der Waals surface area contributed by atoms with Crippen LogP contribution in [0.3, 0.4) is 0 Å². The molecule has 1 aliphatic heterocycles. The summed E-state index contributed by atoms with van der Waals surface area (Å²) in [6.07, 6.45) is -3.80. The number of amides is 1. The number of hydrogen-bond donors (Lipinski definition) is 1. The average Bonchev–Trinajstić information content (AvgIpc) is 3.00. The van der Waals surface area contributed by atoms with Gasteiger partial charge in [0, 0.05) is 23.2 Å². The number of rotatable bonds is 4. The van der Waals surface area contributed by atoms with Crippen LogP contribution in [0.4, 0.5) is 18.9 Å². The minimum Gasteiger partial charge on any atom is -0.406 e. The van der Waals surface area contributed by atoms with Crippen molar-refractivity contribution in [3.8, 4) is 5.75 Å². The predicted octanol–water partition coefficient (Wildman–Crippen LogP) is 4.20. The second-order valence-electron chi connectivity index (χ2n) is 5.82. The van der Waals surface area contributed by atoms with E-state index in [1.807, 2.05) is 0 Å². The first-order valence-electron chi connectivity index (χ1n) is 7.78. The van der Waals surface area contributed by atoms with Crippen LogP contribution in [0.5, 0.6) is 5.75 Å². The van der Waals surface area contributed by atoms with Crippen molar-refractivity contribution >= 4 is 22.9 Å². The van der Waals surface area contributed by atoms with Gasteiger partial charge in [0.2, 0.25) is 5.91 Å². The van der Waals surface area contributed by atoms with Gasteiger partial charge in [0.15, 0.2) is 0 Å². The van der Waals surface area contributed by atoms with E-state index in [2.05, 4.69) is 33.3 Å². The lowest BCUT2D eigenvalue weighted by Gasteiger charge is -2.32. The van der Waals surface area contributed by atoms with Gasteiger partial charge in [-0.1, -0.05) is 0 Å². The molecule has 0 saturated heterocycles. The van der Waals surface area contributed by atoms with Gasteiger partial charge >= 0.3 is 6.36 Å². The summed E-state index contributed by atoms with van der Waals surface area (Å²) in [5, 5.41) is 4.77. The number of hydrogen-bond acceptors (Lipinski definition) is 4. The molecule has 0 bridgehead atoms. The highest BCUT2D eigenvalue weighted by atomic mass is 32.1. The van der Waals surface area contributed by atoms with Gasteiger partial charge < -0.3 is 10.1 Å². The van der Waals surface area contributed by atoms with Crippen molar-refractivity contribution in [2.24, 2.45) is 0 Å². The predicted molar refractivity (Wildman–Crippen MR) is 89.8 cm³/mol. The number of ether oxygens (including phenoxy) is 1. The maximum atomic E-state index is 12.2. The maximum Gasteiger partial charge on any atom is 0.573 e. The third-order valence-corrected chi connectivity index (χ3v) is 5.12. The molecule has 25 heavy (non-hydrogen) atoms. The number of fused-ring (bicyclic) bond motifs is 1. The van der Waals surface area contributed by atoms with Crippen LogP contribution in [-0.4, -0.2) is 30.3 Å². The molecule has 1 aromatic heterocycles. The summed E-state index contributed by atoms with van der Waals surface area (Å²) >= 11 is 1.74. The minimum absolute atomic E-state index is 0.170. The Morgan fingerprint density at radius 2 is 2.04 bits per heavy atom. The number of benzene rings is 1. The smallest absolute Gasteiger partial charge is 0.406 e. The molecule has 0 aliphatic carbocycles. The van der Waals surface area contributed by atoms with E-state index in [1.54, 1.807) is 11.3 Å². The van der Waals surface area contributed by atoms with E-state index in [-0.39, 0.29) is 24.2 Å². The lowest BCUT2D eigenvalue weighted by molar-refractivity contribution is -0.274. The van der Waals surface area contributed by atoms with Gasteiger partial charge in [-0.3, -0.25) is 9.69 Å². The van der Waals surface area contributed by atoms with Crippen LogP contribution in [0.1, 0.15) is 23.4 Å². The van der Waals surface area contributed by atoms with Crippen LogP contribution in [0.25, 0.3) is 0 Å². The molecule has 2 aromatic rings. The zero-order valence-electron chi connectivity index (χ0n) is 13.5. The van der Waals surface area contributed by atoms with Crippen molar-refractivity contribution in [1.82, 2.24) is 4.90 Å². The van der Waals surface area contributed by atoms with Crippen LogP contribution in [0, 0.1) is 0 Å². The summed E-state index contributed by atoms with van der Waals surface area (Å²) in [4.78, 5) is 15.7. The number of thiophene rings is 1. The second-order valence-corrected chi connectivity index (χ2v) is 6.82. The summed E-state index contributed by atoms with van der Waals surface area (Å²) < 4.78 is 40.2. The minimum atomic E-state index is -4.73. The quantitative estimate of drug-likeness (QED) is 0.877. The van der Waals surface area contributed by atoms with Gasteiger partial charge in [-0.15, -0.1) is 24.5 Å². The lowest BCUT2D eigenvalue weighted by atomic mass is 10.0. The van der Waals surface area contributed by atoms with Gasteiger partial charge in [-0.2, -0.15) is 0 Å². The van der Waals surface area contributed by atoms with Crippen LogP contribution in [0.2, 0.25) is 0 Å². The zero-order valence-corrected chi connectivity index (χ0v) is 14.3. The van der Waals surface area contributed by atoms with Crippen molar-refractivity contribution in [3.63, 3.8) is 0 Å². The van der Waals surface area contributed by atoms with Crippen molar-refractivity contribution in [1.29, 1.82) is 0 Å². The number of nitrogens with zero attached hydrogens (tertiary/aromatic N) is 1. The highest BCUT2D eigenvalue weighted by molar-refractivity contribution is 7.10. The van der Waals surface area contributed by atoms with Gasteiger partial charge in [0.05, 0.1) is 6.54 Å². The normalized spacial score (nSPS) is 17.8. The van der Waals surface area contributed by atoms with Crippen LogP contribution in [-0.2, 0) is 11.2 Å². The number of halogens is 3. The molecule has 8 heteroatoms. The number of anilines is 1. The summed E-state index contributed by atoms with van der Waals surface area (Å²) in [7, 11) is 0. The van der Waals surface area contributed by atoms with E-state index >= 15 is 0 Å². The average molecular weight is 370 g/mol. The Hall–Kier alpha value is -2.06. The number of alkyl halides is 3. The molecule has 134 valence electrons. The molecule has 2 heterocycles. The molecular formula is C17H17F3N2O2S. The van der Waals surface area contributed by atoms with Crippen molar-refractivity contribution in [2.45, 2.75) is 25.7 Å². The Morgan fingerprint density at radius 1 is 1.32 bits per heavy atom. The number of carbonyl (C=O) groups excluding carboxylic acids is 1. The van der Waals surface area contributed by atoms with Gasteiger partial charge in [-0.05, 0) is 54.6 Å². The molecular weight excluding hydrogens is 353 g/mol. The molecule has 1 atom stereocenters. The molecule has 0 saturated carbocycles. The largest absolute Gasteiger partial charge is 0.573 e. The van der Waals surface area contributed by atoms with Gasteiger partial charge in [0.1, 0.15) is 5.75 Å². The molecule has 3 rings (SSSR count). The Morgan fingerprint density at radius 3 is 2.72 bits per heavy atom. The Bertz CT molecular complexity index is 743. The Balaban J connectivity index is 1.56. The first-order valence-corrected chi connectivity index (χ1v) is 8.66. The molecule has 1 aromatic carbocycles. The third-order valence-electron chi connectivity index (χ3n) is 4.12. The second kappa shape index (κ2) is 7.05. The van der Waals surface area contributed by atoms with E-state index in [9.17, 15) is 18.0 Å². The van der Waals surface area contributed by atoms with Gasteiger partial charge in [0.25, 0.3) is 0 Å². The summed E-state index contributed by atoms with van der Waals surface area (Å²) in [6.45, 7) is 3.11. The monoisotopic (exact) mass is 370 g/mol. The van der Waals surface area contributed by atoms with Crippen molar-refractivity contribution in [3.05, 3.63) is 46.2 Å². The van der Waals surface area contributed by atoms with Crippen molar-refractivity contribution in [2.75, 3.05) is 18.4 Å².